The maximum absolute atomic E-state index is 12.5. The van der Waals surface area contributed by atoms with Crippen molar-refractivity contribution in [3.63, 3.8) is 0 Å². The molecule has 2 aromatic carbocycles. The van der Waals surface area contributed by atoms with Gasteiger partial charge in [-0.05, 0) is 36.8 Å². The van der Waals surface area contributed by atoms with Gasteiger partial charge >= 0.3 is 0 Å². The minimum absolute atomic E-state index is 0.170. The molecule has 0 unspecified atom stereocenters. The number of nitrogens with zero attached hydrogens (tertiary/aromatic N) is 3. The van der Waals surface area contributed by atoms with Crippen molar-refractivity contribution in [3.8, 4) is 0 Å². The van der Waals surface area contributed by atoms with Crippen LogP contribution in [0.4, 0.5) is 17.3 Å². The Hall–Kier alpha value is -2.92. The fourth-order valence-corrected chi connectivity index (χ4v) is 2.45. The molecule has 0 atom stereocenters. The number of anilines is 3. The van der Waals surface area contributed by atoms with E-state index in [0.29, 0.717) is 16.5 Å². The number of carbonyl (C=O) groups is 1. The number of nitrogens with one attached hydrogen (secondary N) is 1. The SMILES string of the molecule is Cc1ccc(Nc2ncc(C(=O)N(C)c3ccccc3)cn2)cc1Cl. The summed E-state index contributed by atoms with van der Waals surface area (Å²) in [5.41, 5.74) is 3.01. The van der Waals surface area contributed by atoms with Crippen LogP contribution >= 0.6 is 11.6 Å². The third-order valence-corrected chi connectivity index (χ3v) is 4.18. The van der Waals surface area contributed by atoms with Crippen LogP contribution in [0.2, 0.25) is 5.02 Å². The number of carbonyl (C=O) groups excluding carboxylic acids is 1. The molecule has 1 heterocycles. The Morgan fingerprint density at radius 3 is 2.40 bits per heavy atom. The lowest BCUT2D eigenvalue weighted by atomic mass is 10.2. The lowest BCUT2D eigenvalue weighted by molar-refractivity contribution is 0.0992. The Balaban J connectivity index is 1.73. The Bertz CT molecular complexity index is 882. The van der Waals surface area contributed by atoms with Crippen LogP contribution in [-0.4, -0.2) is 22.9 Å². The van der Waals surface area contributed by atoms with Gasteiger partial charge in [0, 0.05) is 35.8 Å². The molecular weight excluding hydrogens is 336 g/mol. The molecule has 0 saturated heterocycles. The molecule has 5 nitrogen and oxygen atoms in total. The van der Waals surface area contributed by atoms with Crippen molar-refractivity contribution in [2.45, 2.75) is 6.92 Å². The quantitative estimate of drug-likeness (QED) is 0.753. The molecule has 0 saturated carbocycles. The fraction of sp³-hybridized carbons (Fsp3) is 0.105. The third-order valence-electron chi connectivity index (χ3n) is 3.77. The first kappa shape index (κ1) is 16.9. The smallest absolute Gasteiger partial charge is 0.261 e. The zero-order chi connectivity index (χ0) is 17.8. The molecular formula is C19H17ClN4O. The Labute approximate surface area is 151 Å². The van der Waals surface area contributed by atoms with Crippen molar-refractivity contribution in [2.75, 3.05) is 17.3 Å². The third kappa shape index (κ3) is 3.95. The summed E-state index contributed by atoms with van der Waals surface area (Å²) in [6, 6.07) is 15.0. The monoisotopic (exact) mass is 352 g/mol. The standard InChI is InChI=1S/C19H17ClN4O/c1-13-8-9-15(10-17(13)20)23-19-21-11-14(12-22-19)18(25)24(2)16-6-4-3-5-7-16/h3-12H,1-2H3,(H,21,22,23). The van der Waals surface area contributed by atoms with Gasteiger partial charge in [-0.15, -0.1) is 0 Å². The van der Waals surface area contributed by atoms with Gasteiger partial charge in [0.2, 0.25) is 5.95 Å². The van der Waals surface area contributed by atoms with Crippen molar-refractivity contribution < 1.29 is 4.79 Å². The van der Waals surface area contributed by atoms with Crippen LogP contribution in [0.1, 0.15) is 15.9 Å². The van der Waals surface area contributed by atoms with E-state index in [2.05, 4.69) is 15.3 Å². The van der Waals surface area contributed by atoms with Gasteiger partial charge in [0.05, 0.1) is 5.56 Å². The molecule has 6 heteroatoms. The van der Waals surface area contributed by atoms with Crippen LogP contribution in [0.15, 0.2) is 60.9 Å². The number of hydrogen-bond acceptors (Lipinski definition) is 4. The summed E-state index contributed by atoms with van der Waals surface area (Å²) >= 11 is 6.11. The van der Waals surface area contributed by atoms with E-state index in [4.69, 9.17) is 11.6 Å². The molecule has 0 aliphatic heterocycles. The average molecular weight is 353 g/mol. The topological polar surface area (TPSA) is 58.1 Å². The van der Waals surface area contributed by atoms with Crippen molar-refractivity contribution >= 4 is 34.8 Å². The number of benzene rings is 2. The molecule has 0 fully saturated rings. The lowest BCUT2D eigenvalue weighted by Crippen LogP contribution is -2.26. The highest BCUT2D eigenvalue weighted by molar-refractivity contribution is 6.31. The molecule has 126 valence electrons. The molecule has 1 aromatic heterocycles. The first-order valence-corrected chi connectivity index (χ1v) is 8.11. The van der Waals surface area contributed by atoms with Crippen molar-refractivity contribution in [1.82, 2.24) is 9.97 Å². The summed E-state index contributed by atoms with van der Waals surface area (Å²) < 4.78 is 0. The van der Waals surface area contributed by atoms with Gasteiger partial charge in [-0.1, -0.05) is 35.9 Å². The summed E-state index contributed by atoms with van der Waals surface area (Å²) in [7, 11) is 1.72. The highest BCUT2D eigenvalue weighted by Crippen LogP contribution is 2.22. The predicted molar refractivity (Wildman–Crippen MR) is 101 cm³/mol. The minimum atomic E-state index is -0.170. The second kappa shape index (κ2) is 7.32. The van der Waals surface area contributed by atoms with E-state index < -0.39 is 0 Å². The van der Waals surface area contributed by atoms with Gasteiger partial charge in [0.15, 0.2) is 0 Å². The molecule has 1 amide bonds. The van der Waals surface area contributed by atoms with E-state index in [1.165, 1.54) is 12.4 Å². The molecule has 0 bridgehead atoms. The largest absolute Gasteiger partial charge is 0.324 e. The van der Waals surface area contributed by atoms with Gasteiger partial charge in [-0.2, -0.15) is 0 Å². The van der Waals surface area contributed by atoms with Crippen LogP contribution < -0.4 is 10.2 Å². The Morgan fingerprint density at radius 2 is 1.76 bits per heavy atom. The summed E-state index contributed by atoms with van der Waals surface area (Å²) in [5.74, 6) is 0.231. The van der Waals surface area contributed by atoms with Gasteiger partial charge in [0.25, 0.3) is 5.91 Å². The minimum Gasteiger partial charge on any atom is -0.324 e. The van der Waals surface area contributed by atoms with Crippen LogP contribution in [0.3, 0.4) is 0 Å². The summed E-state index contributed by atoms with van der Waals surface area (Å²) in [4.78, 5) is 22.5. The van der Waals surface area contributed by atoms with Gasteiger partial charge in [-0.3, -0.25) is 4.79 Å². The van der Waals surface area contributed by atoms with Crippen molar-refractivity contribution in [3.05, 3.63) is 77.1 Å². The molecule has 1 N–H and O–H groups in total. The Kier molecular flexibility index (Phi) is 4.95. The zero-order valence-corrected chi connectivity index (χ0v) is 14.7. The summed E-state index contributed by atoms with van der Waals surface area (Å²) in [5, 5.41) is 3.74. The highest BCUT2D eigenvalue weighted by atomic mass is 35.5. The van der Waals surface area contributed by atoms with E-state index in [0.717, 1.165) is 16.9 Å². The predicted octanol–water partition coefficient (Wildman–Crippen LogP) is 4.46. The molecule has 0 aliphatic carbocycles. The van der Waals surface area contributed by atoms with Crippen LogP contribution in [0.25, 0.3) is 0 Å². The van der Waals surface area contributed by atoms with E-state index in [9.17, 15) is 4.79 Å². The van der Waals surface area contributed by atoms with Crippen molar-refractivity contribution in [2.24, 2.45) is 0 Å². The average Bonchev–Trinajstić information content (AvgIpc) is 2.65. The normalized spacial score (nSPS) is 10.4. The maximum atomic E-state index is 12.5. The van der Waals surface area contributed by atoms with E-state index in [1.54, 1.807) is 11.9 Å². The molecule has 3 rings (SSSR count). The number of aryl methyl sites for hydroxylation is 1. The summed E-state index contributed by atoms with van der Waals surface area (Å²) in [6.07, 6.45) is 3.01. The first-order chi connectivity index (χ1) is 12.0. The van der Waals surface area contributed by atoms with Crippen LogP contribution in [0, 0.1) is 6.92 Å². The molecule has 0 radical (unpaired) electrons. The van der Waals surface area contributed by atoms with Gasteiger partial charge in [-0.25, -0.2) is 9.97 Å². The number of rotatable bonds is 4. The number of aromatic nitrogens is 2. The van der Waals surface area contributed by atoms with Gasteiger partial charge in [0.1, 0.15) is 0 Å². The van der Waals surface area contributed by atoms with E-state index in [1.807, 2.05) is 55.5 Å². The Morgan fingerprint density at radius 1 is 1.08 bits per heavy atom. The van der Waals surface area contributed by atoms with E-state index in [-0.39, 0.29) is 5.91 Å². The number of halogens is 1. The summed E-state index contributed by atoms with van der Waals surface area (Å²) in [6.45, 7) is 1.94. The highest BCUT2D eigenvalue weighted by Gasteiger charge is 2.14. The van der Waals surface area contributed by atoms with Crippen LogP contribution in [0.5, 0.6) is 0 Å². The van der Waals surface area contributed by atoms with Gasteiger partial charge < -0.3 is 10.2 Å². The second-order valence-electron chi connectivity index (χ2n) is 5.58. The van der Waals surface area contributed by atoms with E-state index >= 15 is 0 Å². The second-order valence-corrected chi connectivity index (χ2v) is 5.99. The first-order valence-electron chi connectivity index (χ1n) is 7.73. The lowest BCUT2D eigenvalue weighted by Gasteiger charge is -2.17. The molecule has 0 aliphatic rings. The zero-order valence-electron chi connectivity index (χ0n) is 13.9. The molecule has 0 spiro atoms. The van der Waals surface area contributed by atoms with Crippen molar-refractivity contribution in [1.29, 1.82) is 0 Å². The number of para-hydroxylation sites is 1. The number of amides is 1. The molecule has 25 heavy (non-hydrogen) atoms. The molecule has 3 aromatic rings. The number of hydrogen-bond donors (Lipinski definition) is 1. The van der Waals surface area contributed by atoms with Crippen LogP contribution in [-0.2, 0) is 0 Å². The maximum Gasteiger partial charge on any atom is 0.261 e. The fourth-order valence-electron chi connectivity index (χ4n) is 2.27.